The van der Waals surface area contributed by atoms with Crippen molar-refractivity contribution in [2.24, 2.45) is 0 Å². The maximum atomic E-state index is 13.2. The second-order valence-electron chi connectivity index (χ2n) is 6.68. The summed E-state index contributed by atoms with van der Waals surface area (Å²) in [6.07, 6.45) is -9.60. The van der Waals surface area contributed by atoms with E-state index >= 15 is 0 Å². The summed E-state index contributed by atoms with van der Waals surface area (Å²) in [7, 11) is 0. The van der Waals surface area contributed by atoms with Crippen LogP contribution in [0.3, 0.4) is 0 Å². The van der Waals surface area contributed by atoms with Crippen molar-refractivity contribution in [1.29, 1.82) is 0 Å². The van der Waals surface area contributed by atoms with Crippen LogP contribution in [0.25, 0.3) is 0 Å². The van der Waals surface area contributed by atoms with Gasteiger partial charge in [-0.15, -0.1) is 0 Å². The highest BCUT2D eigenvalue weighted by Gasteiger charge is 2.36. The summed E-state index contributed by atoms with van der Waals surface area (Å²) in [6, 6.07) is 11.7. The Morgan fingerprint density at radius 2 is 1.06 bits per heavy atom. The number of hydrogen-bond acceptors (Lipinski definition) is 2. The van der Waals surface area contributed by atoms with Gasteiger partial charge in [-0.2, -0.15) is 26.3 Å². The minimum Gasteiger partial charge on any atom is -0.320 e. The summed E-state index contributed by atoms with van der Waals surface area (Å²) in [6.45, 7) is 0. The number of nitrogens with one attached hydrogen (secondary N) is 2. The molecule has 3 rings (SSSR count). The highest BCUT2D eigenvalue weighted by Crippen LogP contribution is 2.35. The molecular weight excluding hydrogens is 474 g/mol. The van der Waals surface area contributed by atoms with Crippen molar-refractivity contribution in [3.63, 3.8) is 0 Å². The average molecular weight is 487 g/mol. The van der Waals surface area contributed by atoms with Crippen LogP contribution in [0, 0.1) is 0 Å². The van der Waals surface area contributed by atoms with Gasteiger partial charge in [0.25, 0.3) is 11.8 Å². The second kappa shape index (κ2) is 9.14. The molecule has 172 valence electrons. The largest absolute Gasteiger partial charge is 0.417 e. The van der Waals surface area contributed by atoms with E-state index in [0.717, 1.165) is 42.5 Å². The topological polar surface area (TPSA) is 58.2 Å². The van der Waals surface area contributed by atoms with E-state index in [-0.39, 0.29) is 16.4 Å². The van der Waals surface area contributed by atoms with Crippen LogP contribution in [-0.2, 0) is 12.4 Å². The Balaban J connectivity index is 1.94. The Kier molecular flexibility index (Phi) is 6.68. The quantitative estimate of drug-likeness (QED) is 0.395. The predicted octanol–water partition coefficient (Wildman–Crippen LogP) is 6.88. The summed E-state index contributed by atoms with van der Waals surface area (Å²) in [5.74, 6) is -2.30. The number of hydrogen-bond donors (Lipinski definition) is 2. The lowest BCUT2D eigenvalue weighted by molar-refractivity contribution is -0.138. The third-order valence-corrected chi connectivity index (χ3v) is 4.67. The SMILES string of the molecule is O=C(Nc1ccc(Cl)cc1NC(=O)c1ccccc1C(F)(F)F)c1ccccc1C(F)(F)F. The lowest BCUT2D eigenvalue weighted by Crippen LogP contribution is -2.21. The van der Waals surface area contributed by atoms with Crippen LogP contribution in [0.15, 0.2) is 66.7 Å². The van der Waals surface area contributed by atoms with E-state index in [1.165, 1.54) is 24.3 Å². The first-order valence-electron chi connectivity index (χ1n) is 9.12. The second-order valence-corrected chi connectivity index (χ2v) is 7.12. The fraction of sp³-hybridized carbons (Fsp3) is 0.0909. The first kappa shape index (κ1) is 24.1. The van der Waals surface area contributed by atoms with E-state index in [1.807, 2.05) is 0 Å². The van der Waals surface area contributed by atoms with E-state index in [1.54, 1.807) is 0 Å². The molecule has 0 aromatic heterocycles. The van der Waals surface area contributed by atoms with Crippen molar-refractivity contribution < 1.29 is 35.9 Å². The van der Waals surface area contributed by atoms with E-state index in [2.05, 4.69) is 10.6 Å². The zero-order valence-electron chi connectivity index (χ0n) is 16.3. The summed E-state index contributed by atoms with van der Waals surface area (Å²) < 4.78 is 79.4. The third kappa shape index (κ3) is 5.64. The molecule has 2 N–H and O–H groups in total. The molecule has 0 saturated carbocycles. The van der Waals surface area contributed by atoms with Crippen LogP contribution in [0.2, 0.25) is 5.02 Å². The smallest absolute Gasteiger partial charge is 0.320 e. The molecule has 0 spiro atoms. The number of anilines is 2. The molecule has 11 heteroatoms. The molecule has 0 saturated heterocycles. The molecule has 4 nitrogen and oxygen atoms in total. The van der Waals surface area contributed by atoms with Crippen molar-refractivity contribution in [3.8, 4) is 0 Å². The van der Waals surface area contributed by atoms with E-state index < -0.39 is 46.4 Å². The zero-order valence-corrected chi connectivity index (χ0v) is 17.1. The average Bonchev–Trinajstić information content (AvgIpc) is 2.74. The van der Waals surface area contributed by atoms with Gasteiger partial charge in [0.15, 0.2) is 0 Å². The van der Waals surface area contributed by atoms with Gasteiger partial charge < -0.3 is 10.6 Å². The lowest BCUT2D eigenvalue weighted by Gasteiger charge is -2.16. The summed E-state index contributed by atoms with van der Waals surface area (Å²) in [5, 5.41) is 4.51. The Labute approximate surface area is 188 Å². The molecule has 0 aliphatic heterocycles. The molecule has 0 radical (unpaired) electrons. The fourth-order valence-electron chi connectivity index (χ4n) is 2.96. The number of benzene rings is 3. The highest BCUT2D eigenvalue weighted by molar-refractivity contribution is 6.31. The molecule has 0 bridgehead atoms. The van der Waals surface area contributed by atoms with E-state index in [0.29, 0.717) is 0 Å². The van der Waals surface area contributed by atoms with E-state index in [4.69, 9.17) is 11.6 Å². The lowest BCUT2D eigenvalue weighted by atomic mass is 10.1. The van der Waals surface area contributed by atoms with Gasteiger partial charge in [-0.05, 0) is 42.5 Å². The molecule has 2 amide bonds. The van der Waals surface area contributed by atoms with Gasteiger partial charge in [0, 0.05) is 5.02 Å². The Hall–Kier alpha value is -3.53. The van der Waals surface area contributed by atoms with Crippen molar-refractivity contribution in [2.75, 3.05) is 10.6 Å². The molecule has 33 heavy (non-hydrogen) atoms. The molecule has 3 aromatic carbocycles. The van der Waals surface area contributed by atoms with Crippen molar-refractivity contribution in [2.45, 2.75) is 12.4 Å². The third-order valence-electron chi connectivity index (χ3n) is 4.43. The number of rotatable bonds is 4. The maximum absolute atomic E-state index is 13.2. The first-order chi connectivity index (χ1) is 15.4. The van der Waals surface area contributed by atoms with Gasteiger partial charge in [-0.1, -0.05) is 35.9 Å². The molecule has 0 aliphatic carbocycles. The highest BCUT2D eigenvalue weighted by atomic mass is 35.5. The molecule has 0 fully saturated rings. The van der Waals surface area contributed by atoms with Gasteiger partial charge in [0.05, 0.1) is 33.6 Å². The summed E-state index contributed by atoms with van der Waals surface area (Å²) >= 11 is 5.90. The van der Waals surface area contributed by atoms with Gasteiger partial charge in [0.1, 0.15) is 0 Å². The fourth-order valence-corrected chi connectivity index (χ4v) is 3.14. The standard InChI is InChI=1S/C22H13ClF6N2O2/c23-12-9-10-17(30-19(32)13-5-1-3-7-15(13)21(24,25)26)18(11-12)31-20(33)14-6-2-4-8-16(14)22(27,28)29/h1-11H,(H,30,32)(H,31,33). The zero-order chi connectivity index (χ0) is 24.4. The van der Waals surface area contributed by atoms with E-state index in [9.17, 15) is 35.9 Å². The molecule has 0 aliphatic rings. The van der Waals surface area contributed by atoms with Gasteiger partial charge >= 0.3 is 12.4 Å². The Morgan fingerprint density at radius 3 is 1.52 bits per heavy atom. The van der Waals surface area contributed by atoms with Gasteiger partial charge in [0.2, 0.25) is 0 Å². The van der Waals surface area contributed by atoms with Crippen LogP contribution in [0.1, 0.15) is 31.8 Å². The monoisotopic (exact) mass is 486 g/mol. The minimum absolute atomic E-state index is 0.0584. The summed E-state index contributed by atoms with van der Waals surface area (Å²) in [5.41, 5.74) is -4.11. The predicted molar refractivity (Wildman–Crippen MR) is 110 cm³/mol. The molecule has 3 aromatic rings. The van der Waals surface area contributed by atoms with Crippen LogP contribution in [-0.4, -0.2) is 11.8 Å². The van der Waals surface area contributed by atoms with Gasteiger partial charge in [-0.25, -0.2) is 0 Å². The van der Waals surface area contributed by atoms with Crippen LogP contribution >= 0.6 is 11.6 Å². The maximum Gasteiger partial charge on any atom is 0.417 e. The number of carbonyl (C=O) groups excluding carboxylic acids is 2. The number of halogens is 7. The molecule has 0 unspecified atom stereocenters. The summed E-state index contributed by atoms with van der Waals surface area (Å²) in [4.78, 5) is 25.1. The van der Waals surface area contributed by atoms with Crippen molar-refractivity contribution in [3.05, 3.63) is 94.0 Å². The van der Waals surface area contributed by atoms with Gasteiger partial charge in [-0.3, -0.25) is 9.59 Å². The van der Waals surface area contributed by atoms with Crippen LogP contribution < -0.4 is 10.6 Å². The van der Waals surface area contributed by atoms with Crippen molar-refractivity contribution in [1.82, 2.24) is 0 Å². The van der Waals surface area contributed by atoms with Crippen LogP contribution in [0.4, 0.5) is 37.7 Å². The Morgan fingerprint density at radius 1 is 0.636 bits per heavy atom. The molecular formula is C22H13ClF6N2O2. The molecule has 0 atom stereocenters. The minimum atomic E-state index is -4.80. The number of carbonyl (C=O) groups is 2. The number of amides is 2. The van der Waals surface area contributed by atoms with Crippen LogP contribution in [0.5, 0.6) is 0 Å². The normalized spacial score (nSPS) is 11.7. The first-order valence-corrected chi connectivity index (χ1v) is 9.50. The molecule has 0 heterocycles. The Bertz CT molecular complexity index is 1210. The number of alkyl halides is 6. The van der Waals surface area contributed by atoms with Crippen molar-refractivity contribution >= 4 is 34.8 Å².